The molecule has 1 aliphatic rings. The molecule has 8 nitrogen and oxygen atoms in total. The quantitative estimate of drug-likeness (QED) is 0.326. The molecule has 0 unspecified atom stereocenters. The smallest absolute Gasteiger partial charge is 0.262 e. The van der Waals surface area contributed by atoms with E-state index in [2.05, 4.69) is 21.1 Å². The summed E-state index contributed by atoms with van der Waals surface area (Å²) in [5.74, 6) is 0.829. The topological polar surface area (TPSA) is 97.0 Å². The minimum Gasteiger partial charge on any atom is -0.467 e. The van der Waals surface area contributed by atoms with E-state index in [1.807, 2.05) is 42.5 Å². The van der Waals surface area contributed by atoms with E-state index in [0.717, 1.165) is 42.8 Å². The summed E-state index contributed by atoms with van der Waals surface area (Å²) in [5.41, 5.74) is 2.02. The SMILES string of the molecule is O=C(CSc1nc2c(cnn2-c2ccccc2)c(=O)[nH]1)N(Cc1ccco1)C1=CCCCC1. The van der Waals surface area contributed by atoms with Crippen LogP contribution >= 0.6 is 11.8 Å². The number of hydrogen-bond donors (Lipinski definition) is 1. The summed E-state index contributed by atoms with van der Waals surface area (Å²) in [5, 5.41) is 5.11. The predicted octanol–water partition coefficient (Wildman–Crippen LogP) is 4.28. The highest BCUT2D eigenvalue weighted by Gasteiger charge is 2.22. The van der Waals surface area contributed by atoms with Gasteiger partial charge in [0.15, 0.2) is 10.8 Å². The number of nitrogens with one attached hydrogen (secondary N) is 1. The van der Waals surface area contributed by atoms with Crippen LogP contribution in [0.5, 0.6) is 0 Å². The molecule has 3 heterocycles. The monoisotopic (exact) mass is 461 g/mol. The van der Waals surface area contributed by atoms with E-state index < -0.39 is 0 Å². The van der Waals surface area contributed by atoms with Crippen LogP contribution in [0.1, 0.15) is 31.4 Å². The number of nitrogens with zero attached hydrogens (tertiary/aromatic N) is 4. The van der Waals surface area contributed by atoms with E-state index in [1.165, 1.54) is 18.0 Å². The molecule has 3 aromatic heterocycles. The molecule has 1 amide bonds. The minimum absolute atomic E-state index is 0.0520. The molecule has 0 spiro atoms. The van der Waals surface area contributed by atoms with Gasteiger partial charge in [0, 0.05) is 5.70 Å². The summed E-state index contributed by atoms with van der Waals surface area (Å²) >= 11 is 1.21. The molecule has 0 saturated carbocycles. The molecule has 9 heteroatoms. The molecular formula is C24H23N5O3S. The van der Waals surface area contributed by atoms with Gasteiger partial charge in [-0.25, -0.2) is 9.67 Å². The Kier molecular flexibility index (Phi) is 6.12. The molecule has 168 valence electrons. The van der Waals surface area contributed by atoms with Crippen LogP contribution in [-0.4, -0.2) is 36.3 Å². The number of carbonyl (C=O) groups is 1. The summed E-state index contributed by atoms with van der Waals surface area (Å²) in [6.45, 7) is 0.391. The molecule has 0 saturated heterocycles. The molecule has 1 N–H and O–H groups in total. The maximum absolute atomic E-state index is 13.2. The highest BCUT2D eigenvalue weighted by atomic mass is 32.2. The molecular weight excluding hydrogens is 438 g/mol. The molecule has 5 rings (SSSR count). The largest absolute Gasteiger partial charge is 0.467 e. The second-order valence-corrected chi connectivity index (χ2v) is 8.75. The zero-order chi connectivity index (χ0) is 22.6. The number of allylic oxidation sites excluding steroid dienone is 2. The zero-order valence-corrected chi connectivity index (χ0v) is 18.8. The van der Waals surface area contributed by atoms with Crippen molar-refractivity contribution in [1.29, 1.82) is 0 Å². The first-order valence-corrected chi connectivity index (χ1v) is 11.9. The predicted molar refractivity (Wildman–Crippen MR) is 126 cm³/mol. The molecule has 0 aliphatic heterocycles. The molecule has 0 bridgehead atoms. The fraction of sp³-hybridized carbons (Fsp3) is 0.250. The Balaban J connectivity index is 1.38. The third-order valence-corrected chi connectivity index (χ3v) is 6.42. The average Bonchev–Trinajstić information content (AvgIpc) is 3.52. The molecule has 1 aromatic carbocycles. The van der Waals surface area contributed by atoms with Crippen molar-refractivity contribution in [2.24, 2.45) is 0 Å². The molecule has 0 radical (unpaired) electrons. The molecule has 1 aliphatic carbocycles. The van der Waals surface area contributed by atoms with Crippen LogP contribution in [0.3, 0.4) is 0 Å². The lowest BCUT2D eigenvalue weighted by Gasteiger charge is -2.27. The number of thioether (sulfide) groups is 1. The second-order valence-electron chi connectivity index (χ2n) is 7.79. The van der Waals surface area contributed by atoms with Gasteiger partial charge < -0.3 is 14.3 Å². The van der Waals surface area contributed by atoms with Crippen LogP contribution in [0.25, 0.3) is 16.7 Å². The highest BCUT2D eigenvalue weighted by molar-refractivity contribution is 7.99. The van der Waals surface area contributed by atoms with Gasteiger partial charge in [0.1, 0.15) is 11.1 Å². The summed E-state index contributed by atoms with van der Waals surface area (Å²) in [6.07, 6.45) is 9.31. The van der Waals surface area contributed by atoms with E-state index >= 15 is 0 Å². The average molecular weight is 462 g/mol. The van der Waals surface area contributed by atoms with Gasteiger partial charge in [-0.05, 0) is 49.9 Å². The Morgan fingerprint density at radius 2 is 2.06 bits per heavy atom. The fourth-order valence-electron chi connectivity index (χ4n) is 3.91. The van der Waals surface area contributed by atoms with Crippen molar-refractivity contribution in [1.82, 2.24) is 24.6 Å². The van der Waals surface area contributed by atoms with Crippen LogP contribution in [-0.2, 0) is 11.3 Å². The Labute approximate surface area is 194 Å². The third-order valence-electron chi connectivity index (χ3n) is 5.56. The standard InChI is InChI=1S/C24H23N5O3S/c30-21(28(15-19-12-7-13-32-19)17-8-3-1-4-9-17)16-33-24-26-22-20(23(31)27-24)14-25-29(22)18-10-5-2-6-11-18/h2,5-8,10-14H,1,3-4,9,15-16H2,(H,26,27,31). The first-order valence-electron chi connectivity index (χ1n) is 10.9. The minimum atomic E-state index is -0.278. The fourth-order valence-corrected chi connectivity index (χ4v) is 4.64. The van der Waals surface area contributed by atoms with Gasteiger partial charge >= 0.3 is 0 Å². The lowest BCUT2D eigenvalue weighted by atomic mass is 10.0. The van der Waals surface area contributed by atoms with E-state index in [4.69, 9.17) is 4.42 Å². The van der Waals surface area contributed by atoms with Crippen LogP contribution in [0.4, 0.5) is 0 Å². The van der Waals surface area contributed by atoms with Gasteiger partial charge in [0.05, 0.1) is 30.4 Å². The van der Waals surface area contributed by atoms with Crippen molar-refractivity contribution < 1.29 is 9.21 Å². The number of aromatic amines is 1. The summed E-state index contributed by atoms with van der Waals surface area (Å²) < 4.78 is 7.11. The summed E-state index contributed by atoms with van der Waals surface area (Å²) in [6, 6.07) is 13.2. The van der Waals surface area contributed by atoms with E-state index in [-0.39, 0.29) is 17.2 Å². The van der Waals surface area contributed by atoms with Gasteiger partial charge in [0.2, 0.25) is 5.91 Å². The van der Waals surface area contributed by atoms with Crippen molar-refractivity contribution in [3.63, 3.8) is 0 Å². The van der Waals surface area contributed by atoms with E-state index in [9.17, 15) is 9.59 Å². The second kappa shape index (κ2) is 9.50. The van der Waals surface area contributed by atoms with Crippen molar-refractivity contribution in [3.8, 4) is 5.69 Å². The lowest BCUT2D eigenvalue weighted by Crippen LogP contribution is -2.32. The number of aromatic nitrogens is 4. The van der Waals surface area contributed by atoms with E-state index in [0.29, 0.717) is 22.7 Å². The lowest BCUT2D eigenvalue weighted by molar-refractivity contribution is -0.127. The summed E-state index contributed by atoms with van der Waals surface area (Å²) in [4.78, 5) is 35.0. The molecule has 33 heavy (non-hydrogen) atoms. The zero-order valence-electron chi connectivity index (χ0n) is 17.9. The Bertz CT molecular complexity index is 1340. The van der Waals surface area contributed by atoms with Crippen molar-refractivity contribution in [2.45, 2.75) is 37.4 Å². The Hall–Kier alpha value is -3.59. The highest BCUT2D eigenvalue weighted by Crippen LogP contribution is 2.25. The maximum Gasteiger partial charge on any atom is 0.262 e. The van der Waals surface area contributed by atoms with Crippen molar-refractivity contribution in [3.05, 3.63) is 82.8 Å². The van der Waals surface area contributed by atoms with Crippen LogP contribution in [0, 0.1) is 0 Å². The first kappa shape index (κ1) is 21.3. The number of rotatable bonds is 7. The van der Waals surface area contributed by atoms with Gasteiger partial charge in [-0.1, -0.05) is 36.0 Å². The molecule has 0 fully saturated rings. The Morgan fingerprint density at radius 3 is 2.82 bits per heavy atom. The van der Waals surface area contributed by atoms with Crippen LogP contribution in [0.15, 0.2) is 81.1 Å². The number of amides is 1. The van der Waals surface area contributed by atoms with Gasteiger partial charge in [0.25, 0.3) is 5.56 Å². The number of fused-ring (bicyclic) bond motifs is 1. The van der Waals surface area contributed by atoms with Gasteiger partial charge in [-0.3, -0.25) is 9.59 Å². The van der Waals surface area contributed by atoms with Crippen molar-refractivity contribution in [2.75, 3.05) is 5.75 Å². The summed E-state index contributed by atoms with van der Waals surface area (Å²) in [7, 11) is 0. The number of hydrogen-bond acceptors (Lipinski definition) is 6. The molecule has 0 atom stereocenters. The maximum atomic E-state index is 13.2. The van der Waals surface area contributed by atoms with Gasteiger partial charge in [-0.15, -0.1) is 0 Å². The third kappa shape index (κ3) is 4.63. The van der Waals surface area contributed by atoms with E-state index in [1.54, 1.807) is 15.8 Å². The molecule has 4 aromatic rings. The number of H-pyrrole nitrogens is 1. The van der Waals surface area contributed by atoms with Crippen LogP contribution < -0.4 is 5.56 Å². The van der Waals surface area contributed by atoms with Crippen LogP contribution in [0.2, 0.25) is 0 Å². The first-order chi connectivity index (χ1) is 16.2. The van der Waals surface area contributed by atoms with Crippen molar-refractivity contribution >= 4 is 28.7 Å². The number of carbonyl (C=O) groups excluding carboxylic acids is 1. The number of para-hydroxylation sites is 1. The number of furan rings is 1. The number of benzene rings is 1. The Morgan fingerprint density at radius 1 is 1.18 bits per heavy atom. The van der Waals surface area contributed by atoms with Gasteiger partial charge in [-0.2, -0.15) is 5.10 Å². The normalized spacial score (nSPS) is 13.8.